The van der Waals surface area contributed by atoms with Gasteiger partial charge in [0.1, 0.15) is 6.54 Å². The van der Waals surface area contributed by atoms with Crippen molar-refractivity contribution in [1.29, 1.82) is 0 Å². The zero-order valence-corrected chi connectivity index (χ0v) is 14.3. The van der Waals surface area contributed by atoms with Crippen LogP contribution in [0.3, 0.4) is 0 Å². The highest BCUT2D eigenvalue weighted by molar-refractivity contribution is 6.22. The van der Waals surface area contributed by atoms with E-state index in [0.717, 1.165) is 10.5 Å². The third-order valence-electron chi connectivity index (χ3n) is 4.33. The molecule has 1 N–H and O–H groups in total. The van der Waals surface area contributed by atoms with E-state index in [2.05, 4.69) is 19.2 Å². The Hall–Kier alpha value is -2.95. The maximum atomic E-state index is 12.3. The molecule has 128 valence electrons. The predicted octanol–water partition coefficient (Wildman–Crippen LogP) is 2.72. The lowest BCUT2D eigenvalue weighted by Gasteiger charge is -2.16. The summed E-state index contributed by atoms with van der Waals surface area (Å²) in [5.74, 6) is -0.839. The standard InChI is InChI=1S/C20H20N2O3/c1-13(2)15-8-4-3-7-14(15)11-21-18(23)12-22-19(24)16-9-5-6-10-17(16)20(22)25/h3-10,13H,11-12H2,1-2H3,(H,21,23). The molecule has 0 radical (unpaired) electrons. The lowest BCUT2D eigenvalue weighted by Crippen LogP contribution is -2.40. The van der Waals surface area contributed by atoms with E-state index in [4.69, 9.17) is 0 Å². The van der Waals surface area contributed by atoms with Crippen molar-refractivity contribution in [2.45, 2.75) is 26.3 Å². The number of hydrogen-bond donors (Lipinski definition) is 1. The molecular formula is C20H20N2O3. The molecule has 2 aromatic rings. The van der Waals surface area contributed by atoms with E-state index in [1.165, 1.54) is 5.56 Å². The number of imide groups is 1. The highest BCUT2D eigenvalue weighted by Crippen LogP contribution is 2.22. The van der Waals surface area contributed by atoms with Crippen molar-refractivity contribution >= 4 is 17.7 Å². The Morgan fingerprint density at radius 2 is 1.52 bits per heavy atom. The SMILES string of the molecule is CC(C)c1ccccc1CNC(=O)CN1C(=O)c2ccccc2C1=O. The van der Waals surface area contributed by atoms with Crippen molar-refractivity contribution in [3.63, 3.8) is 0 Å². The monoisotopic (exact) mass is 336 g/mol. The van der Waals surface area contributed by atoms with E-state index < -0.39 is 11.8 Å². The van der Waals surface area contributed by atoms with Gasteiger partial charge in [-0.1, -0.05) is 50.2 Å². The van der Waals surface area contributed by atoms with E-state index in [0.29, 0.717) is 23.6 Å². The average Bonchev–Trinajstić information content (AvgIpc) is 2.85. The van der Waals surface area contributed by atoms with Crippen LogP contribution in [0.4, 0.5) is 0 Å². The first-order chi connectivity index (χ1) is 12.0. The number of nitrogens with one attached hydrogen (secondary N) is 1. The zero-order chi connectivity index (χ0) is 18.0. The largest absolute Gasteiger partial charge is 0.350 e. The molecule has 5 nitrogen and oxygen atoms in total. The van der Waals surface area contributed by atoms with Gasteiger partial charge in [0, 0.05) is 6.54 Å². The van der Waals surface area contributed by atoms with E-state index >= 15 is 0 Å². The average molecular weight is 336 g/mol. The van der Waals surface area contributed by atoms with Gasteiger partial charge in [0.15, 0.2) is 0 Å². The van der Waals surface area contributed by atoms with Gasteiger partial charge in [-0.2, -0.15) is 0 Å². The van der Waals surface area contributed by atoms with Crippen LogP contribution >= 0.6 is 0 Å². The van der Waals surface area contributed by atoms with E-state index in [9.17, 15) is 14.4 Å². The maximum absolute atomic E-state index is 12.3. The summed E-state index contributed by atoms with van der Waals surface area (Å²) in [4.78, 5) is 37.8. The molecule has 0 fully saturated rings. The van der Waals surface area contributed by atoms with Gasteiger partial charge in [0.05, 0.1) is 11.1 Å². The molecule has 0 aliphatic carbocycles. The zero-order valence-electron chi connectivity index (χ0n) is 14.3. The smallest absolute Gasteiger partial charge is 0.262 e. The molecule has 2 aromatic carbocycles. The molecule has 1 aliphatic heterocycles. The fourth-order valence-electron chi connectivity index (χ4n) is 3.03. The minimum Gasteiger partial charge on any atom is -0.350 e. The molecule has 1 heterocycles. The fraction of sp³-hybridized carbons (Fsp3) is 0.250. The molecule has 25 heavy (non-hydrogen) atoms. The van der Waals surface area contributed by atoms with Gasteiger partial charge in [0.25, 0.3) is 11.8 Å². The first-order valence-electron chi connectivity index (χ1n) is 8.28. The summed E-state index contributed by atoms with van der Waals surface area (Å²) in [7, 11) is 0. The third kappa shape index (κ3) is 3.31. The van der Waals surface area contributed by atoms with Gasteiger partial charge in [-0.15, -0.1) is 0 Å². The van der Waals surface area contributed by atoms with Gasteiger partial charge < -0.3 is 5.32 Å². The van der Waals surface area contributed by atoms with Crippen LogP contribution in [0.2, 0.25) is 0 Å². The Balaban J connectivity index is 1.65. The number of carbonyl (C=O) groups excluding carboxylic acids is 3. The van der Waals surface area contributed by atoms with E-state index in [1.54, 1.807) is 24.3 Å². The molecule has 0 spiro atoms. The molecule has 3 amide bonds. The Kier molecular flexibility index (Phi) is 4.65. The second-order valence-electron chi connectivity index (χ2n) is 6.37. The van der Waals surface area contributed by atoms with Crippen LogP contribution in [0.15, 0.2) is 48.5 Å². The fourth-order valence-corrected chi connectivity index (χ4v) is 3.03. The molecule has 0 saturated heterocycles. The van der Waals surface area contributed by atoms with Gasteiger partial charge >= 0.3 is 0 Å². The van der Waals surface area contributed by atoms with Crippen LogP contribution in [-0.4, -0.2) is 29.2 Å². The quantitative estimate of drug-likeness (QED) is 0.854. The molecule has 0 bridgehead atoms. The molecule has 0 saturated carbocycles. The number of benzene rings is 2. The van der Waals surface area contributed by atoms with Gasteiger partial charge in [0.2, 0.25) is 5.91 Å². The van der Waals surface area contributed by atoms with Crippen molar-refractivity contribution in [3.8, 4) is 0 Å². The first-order valence-corrected chi connectivity index (χ1v) is 8.28. The third-order valence-corrected chi connectivity index (χ3v) is 4.33. The van der Waals surface area contributed by atoms with Crippen LogP contribution in [0.25, 0.3) is 0 Å². The Bertz CT molecular complexity index is 807. The van der Waals surface area contributed by atoms with Crippen molar-refractivity contribution in [2.24, 2.45) is 0 Å². The molecule has 0 aromatic heterocycles. The second kappa shape index (κ2) is 6.89. The topological polar surface area (TPSA) is 66.5 Å². The minimum atomic E-state index is -0.418. The summed E-state index contributed by atoms with van der Waals surface area (Å²) < 4.78 is 0. The van der Waals surface area contributed by atoms with Crippen LogP contribution in [0, 0.1) is 0 Å². The molecule has 0 atom stereocenters. The van der Waals surface area contributed by atoms with E-state index in [1.807, 2.05) is 24.3 Å². The summed E-state index contributed by atoms with van der Waals surface area (Å²) >= 11 is 0. The van der Waals surface area contributed by atoms with Crippen LogP contribution in [0.1, 0.15) is 51.6 Å². The number of hydrogen-bond acceptors (Lipinski definition) is 3. The summed E-state index contributed by atoms with van der Waals surface area (Å²) in [5, 5.41) is 2.80. The van der Waals surface area contributed by atoms with Crippen LogP contribution < -0.4 is 5.32 Å². The summed E-state index contributed by atoms with van der Waals surface area (Å²) in [5.41, 5.74) is 2.91. The molecule has 3 rings (SSSR count). The number of fused-ring (bicyclic) bond motifs is 1. The lowest BCUT2D eigenvalue weighted by molar-refractivity contribution is -0.121. The van der Waals surface area contributed by atoms with Crippen LogP contribution in [-0.2, 0) is 11.3 Å². The number of amides is 3. The molecule has 5 heteroatoms. The summed E-state index contributed by atoms with van der Waals surface area (Å²) in [6, 6.07) is 14.5. The lowest BCUT2D eigenvalue weighted by atomic mass is 9.97. The molecular weight excluding hydrogens is 316 g/mol. The van der Waals surface area contributed by atoms with Crippen molar-refractivity contribution in [1.82, 2.24) is 10.2 Å². The van der Waals surface area contributed by atoms with Crippen molar-refractivity contribution in [3.05, 3.63) is 70.8 Å². The van der Waals surface area contributed by atoms with Crippen LogP contribution in [0.5, 0.6) is 0 Å². The van der Waals surface area contributed by atoms with Gasteiger partial charge in [-0.05, 0) is 29.2 Å². The van der Waals surface area contributed by atoms with E-state index in [-0.39, 0.29) is 12.5 Å². The molecule has 0 unspecified atom stereocenters. The Labute approximate surface area is 146 Å². The first kappa shape index (κ1) is 16.9. The minimum absolute atomic E-state index is 0.268. The summed E-state index contributed by atoms with van der Waals surface area (Å²) in [6.45, 7) is 4.30. The highest BCUT2D eigenvalue weighted by Gasteiger charge is 2.36. The normalized spacial score (nSPS) is 13.3. The highest BCUT2D eigenvalue weighted by atomic mass is 16.2. The molecule has 1 aliphatic rings. The number of rotatable bonds is 5. The number of carbonyl (C=O) groups is 3. The van der Waals surface area contributed by atoms with Gasteiger partial charge in [-0.25, -0.2) is 0 Å². The maximum Gasteiger partial charge on any atom is 0.262 e. The van der Waals surface area contributed by atoms with Crippen molar-refractivity contribution < 1.29 is 14.4 Å². The number of nitrogens with zero attached hydrogens (tertiary/aromatic N) is 1. The summed E-state index contributed by atoms with van der Waals surface area (Å²) in [6.07, 6.45) is 0. The Morgan fingerprint density at radius 1 is 0.960 bits per heavy atom. The van der Waals surface area contributed by atoms with Gasteiger partial charge in [-0.3, -0.25) is 19.3 Å². The van der Waals surface area contributed by atoms with Crippen molar-refractivity contribution in [2.75, 3.05) is 6.54 Å². The second-order valence-corrected chi connectivity index (χ2v) is 6.37. The Morgan fingerprint density at radius 3 is 2.12 bits per heavy atom. The predicted molar refractivity (Wildman–Crippen MR) is 94.2 cm³/mol.